The van der Waals surface area contributed by atoms with E-state index in [0.717, 1.165) is 17.9 Å². The van der Waals surface area contributed by atoms with E-state index in [1.165, 1.54) is 0 Å². The fraction of sp³-hybridized carbons (Fsp3) is 0.438. The summed E-state index contributed by atoms with van der Waals surface area (Å²) in [4.78, 5) is 23.0. The second kappa shape index (κ2) is 10.6. The van der Waals surface area contributed by atoms with Crippen LogP contribution in [0, 0.1) is 0 Å². The lowest BCUT2D eigenvalue weighted by atomic mass is 10.3. The highest BCUT2D eigenvalue weighted by atomic mass is 32.1. The zero-order valence-corrected chi connectivity index (χ0v) is 14.2. The molecule has 0 fully saturated rings. The van der Waals surface area contributed by atoms with Gasteiger partial charge in [-0.15, -0.1) is 0 Å². The number of thiocarbonyl (C=S) groups is 1. The van der Waals surface area contributed by atoms with E-state index in [9.17, 15) is 9.59 Å². The summed E-state index contributed by atoms with van der Waals surface area (Å²) >= 11 is 5.06. The Balaban J connectivity index is 2.32. The highest BCUT2D eigenvalue weighted by Crippen LogP contribution is 2.15. The molecule has 6 nitrogen and oxygen atoms in total. The van der Waals surface area contributed by atoms with Crippen LogP contribution in [0.1, 0.15) is 33.1 Å². The van der Waals surface area contributed by atoms with Gasteiger partial charge in [0.05, 0.1) is 19.6 Å². The lowest BCUT2D eigenvalue weighted by Gasteiger charge is -2.10. The number of hydrogen-bond acceptors (Lipinski definition) is 5. The van der Waals surface area contributed by atoms with Gasteiger partial charge in [-0.25, -0.2) is 0 Å². The van der Waals surface area contributed by atoms with Crippen LogP contribution < -0.4 is 15.4 Å². The molecule has 1 aromatic rings. The van der Waals surface area contributed by atoms with Gasteiger partial charge in [0, 0.05) is 12.1 Å². The number of carbonyl (C=O) groups excluding carboxylic acids is 2. The van der Waals surface area contributed by atoms with Crippen LogP contribution >= 0.6 is 12.2 Å². The lowest BCUT2D eigenvalue weighted by molar-refractivity contribution is -0.144. The summed E-state index contributed by atoms with van der Waals surface area (Å²) in [6.45, 7) is 4.79. The van der Waals surface area contributed by atoms with E-state index >= 15 is 0 Å². The molecule has 0 unspecified atom stereocenters. The Labute approximate surface area is 141 Å². The fourth-order valence-electron chi connectivity index (χ4n) is 1.66. The van der Waals surface area contributed by atoms with Crippen molar-refractivity contribution in [3.05, 3.63) is 24.3 Å². The minimum Gasteiger partial charge on any atom is -0.494 e. The average molecular weight is 338 g/mol. The minimum absolute atomic E-state index is 0.0354. The van der Waals surface area contributed by atoms with Crippen molar-refractivity contribution in [1.29, 1.82) is 0 Å². The molecule has 0 aromatic heterocycles. The van der Waals surface area contributed by atoms with Crippen molar-refractivity contribution >= 4 is 34.9 Å². The number of hydrogen-bond donors (Lipinski definition) is 2. The van der Waals surface area contributed by atoms with E-state index in [4.69, 9.17) is 21.7 Å². The third-order valence-electron chi connectivity index (χ3n) is 2.70. The van der Waals surface area contributed by atoms with Gasteiger partial charge in [0.25, 0.3) is 0 Å². The minimum atomic E-state index is -0.382. The first-order valence-electron chi connectivity index (χ1n) is 7.54. The predicted molar refractivity (Wildman–Crippen MR) is 92.5 cm³/mol. The number of nitrogens with one attached hydrogen (secondary N) is 2. The van der Waals surface area contributed by atoms with E-state index in [1.807, 2.05) is 13.8 Å². The Morgan fingerprint density at radius 1 is 1.13 bits per heavy atom. The molecule has 0 aliphatic heterocycles. The molecule has 0 aliphatic carbocycles. The van der Waals surface area contributed by atoms with Crippen LogP contribution in [-0.2, 0) is 14.3 Å². The first-order chi connectivity index (χ1) is 11.0. The molecule has 1 amide bonds. The number of esters is 1. The van der Waals surface area contributed by atoms with Gasteiger partial charge in [-0.3, -0.25) is 9.59 Å². The molecule has 0 heterocycles. The van der Waals surface area contributed by atoms with Gasteiger partial charge in [0.1, 0.15) is 5.75 Å². The van der Waals surface area contributed by atoms with Crippen molar-refractivity contribution < 1.29 is 19.1 Å². The SMILES string of the molecule is CCCOC(=O)CCC(=O)NC(=S)Nc1ccc(OCC)cc1. The van der Waals surface area contributed by atoms with Gasteiger partial charge in [0.2, 0.25) is 5.91 Å². The zero-order valence-electron chi connectivity index (χ0n) is 13.4. The van der Waals surface area contributed by atoms with Crippen LogP contribution in [-0.4, -0.2) is 30.2 Å². The van der Waals surface area contributed by atoms with Crippen molar-refractivity contribution in [2.45, 2.75) is 33.1 Å². The summed E-state index contributed by atoms with van der Waals surface area (Å²) < 4.78 is 10.2. The van der Waals surface area contributed by atoms with Gasteiger partial charge in [-0.1, -0.05) is 6.92 Å². The number of ether oxygens (including phenoxy) is 2. The maximum atomic E-state index is 11.7. The third kappa shape index (κ3) is 8.15. The molecule has 0 spiro atoms. The molecule has 0 saturated heterocycles. The van der Waals surface area contributed by atoms with Crippen LogP contribution in [0.3, 0.4) is 0 Å². The summed E-state index contributed by atoms with van der Waals surface area (Å²) in [5, 5.41) is 5.60. The van der Waals surface area contributed by atoms with Crippen LogP contribution in [0.15, 0.2) is 24.3 Å². The zero-order chi connectivity index (χ0) is 17.1. The summed E-state index contributed by atoms with van der Waals surface area (Å²) in [5.41, 5.74) is 0.737. The molecular weight excluding hydrogens is 316 g/mol. The number of anilines is 1. The molecule has 2 N–H and O–H groups in total. The van der Waals surface area contributed by atoms with E-state index in [0.29, 0.717) is 13.2 Å². The normalized spacial score (nSPS) is 9.83. The molecule has 0 bridgehead atoms. The highest BCUT2D eigenvalue weighted by Gasteiger charge is 2.09. The lowest BCUT2D eigenvalue weighted by Crippen LogP contribution is -2.34. The van der Waals surface area contributed by atoms with E-state index in [1.54, 1.807) is 24.3 Å². The fourth-order valence-corrected chi connectivity index (χ4v) is 1.89. The topological polar surface area (TPSA) is 76.7 Å². The van der Waals surface area contributed by atoms with Crippen LogP contribution in [0.5, 0.6) is 5.75 Å². The maximum Gasteiger partial charge on any atom is 0.306 e. The van der Waals surface area contributed by atoms with E-state index in [-0.39, 0.29) is 29.8 Å². The monoisotopic (exact) mass is 338 g/mol. The quantitative estimate of drug-likeness (QED) is 0.560. The van der Waals surface area contributed by atoms with Crippen molar-refractivity contribution in [3.63, 3.8) is 0 Å². The van der Waals surface area contributed by atoms with Gasteiger partial charge >= 0.3 is 5.97 Å². The Hall–Kier alpha value is -2.15. The second-order valence-electron chi connectivity index (χ2n) is 4.68. The van der Waals surface area contributed by atoms with Crippen molar-refractivity contribution in [2.24, 2.45) is 0 Å². The van der Waals surface area contributed by atoms with Gasteiger partial charge < -0.3 is 20.1 Å². The number of amides is 1. The molecule has 1 rings (SSSR count). The molecular formula is C16H22N2O4S. The molecule has 7 heteroatoms. The van der Waals surface area contributed by atoms with E-state index < -0.39 is 0 Å². The standard InChI is InChI=1S/C16H22N2O4S/c1-3-11-22-15(20)10-9-14(19)18-16(23)17-12-5-7-13(8-6-12)21-4-2/h5-8H,3-4,9-11H2,1-2H3,(H2,17,18,19,23). The summed E-state index contributed by atoms with van der Waals surface area (Å²) in [6, 6.07) is 7.21. The molecule has 0 saturated carbocycles. The number of carbonyl (C=O) groups is 2. The molecule has 1 aromatic carbocycles. The Kier molecular flexibility index (Phi) is 8.67. The Bertz CT molecular complexity index is 531. The first-order valence-corrected chi connectivity index (χ1v) is 7.95. The van der Waals surface area contributed by atoms with Crippen molar-refractivity contribution in [2.75, 3.05) is 18.5 Å². The summed E-state index contributed by atoms with van der Waals surface area (Å²) in [5.74, 6) is 0.0490. The Morgan fingerprint density at radius 3 is 2.43 bits per heavy atom. The van der Waals surface area contributed by atoms with Crippen molar-refractivity contribution in [3.8, 4) is 5.75 Å². The molecule has 0 atom stereocenters. The maximum absolute atomic E-state index is 11.7. The van der Waals surface area contributed by atoms with Crippen molar-refractivity contribution in [1.82, 2.24) is 5.32 Å². The smallest absolute Gasteiger partial charge is 0.306 e. The Morgan fingerprint density at radius 2 is 1.83 bits per heavy atom. The predicted octanol–water partition coefficient (Wildman–Crippen LogP) is 2.63. The largest absolute Gasteiger partial charge is 0.494 e. The highest BCUT2D eigenvalue weighted by molar-refractivity contribution is 7.80. The second-order valence-corrected chi connectivity index (χ2v) is 5.09. The molecule has 0 radical (unpaired) electrons. The third-order valence-corrected chi connectivity index (χ3v) is 2.90. The molecule has 23 heavy (non-hydrogen) atoms. The van der Waals surface area contributed by atoms with Crippen LogP contribution in [0.25, 0.3) is 0 Å². The summed E-state index contributed by atoms with van der Waals surface area (Å²) in [6.07, 6.45) is 0.833. The van der Waals surface area contributed by atoms with Crippen LogP contribution in [0.2, 0.25) is 0 Å². The summed E-state index contributed by atoms with van der Waals surface area (Å²) in [7, 11) is 0. The van der Waals surface area contributed by atoms with Gasteiger partial charge in [0.15, 0.2) is 5.11 Å². The van der Waals surface area contributed by atoms with Gasteiger partial charge in [-0.05, 0) is 49.8 Å². The number of benzene rings is 1. The number of rotatable bonds is 8. The van der Waals surface area contributed by atoms with E-state index in [2.05, 4.69) is 10.6 Å². The molecule has 126 valence electrons. The first kappa shape index (κ1) is 18.9. The average Bonchev–Trinajstić information content (AvgIpc) is 2.53. The van der Waals surface area contributed by atoms with Crippen LogP contribution in [0.4, 0.5) is 5.69 Å². The molecule has 0 aliphatic rings. The van der Waals surface area contributed by atoms with Gasteiger partial charge in [-0.2, -0.15) is 0 Å².